The van der Waals surface area contributed by atoms with Crippen molar-refractivity contribution in [2.75, 3.05) is 18.9 Å². The Hall–Kier alpha value is -1.31. The summed E-state index contributed by atoms with van der Waals surface area (Å²) in [6.07, 6.45) is 1.79. The number of thiazole rings is 2. The van der Waals surface area contributed by atoms with Crippen molar-refractivity contribution in [1.82, 2.24) is 14.9 Å². The van der Waals surface area contributed by atoms with Crippen LogP contribution in [0.25, 0.3) is 0 Å². The molecule has 2 aromatic rings. The van der Waals surface area contributed by atoms with E-state index in [1.165, 1.54) is 11.3 Å². The molecule has 1 atom stereocenters. The molecule has 0 saturated heterocycles. The highest BCUT2D eigenvalue weighted by Crippen LogP contribution is 2.26. The molecule has 2 heterocycles. The molecule has 2 rings (SSSR count). The number of hydrogen-bond donors (Lipinski definition) is 1. The van der Waals surface area contributed by atoms with Gasteiger partial charge in [0.2, 0.25) is 5.91 Å². The monoisotopic (exact) mass is 338 g/mol. The largest absolute Gasteiger partial charge is 0.301 e. The molecule has 0 fully saturated rings. The van der Waals surface area contributed by atoms with Crippen LogP contribution in [-0.2, 0) is 10.2 Å². The van der Waals surface area contributed by atoms with Crippen LogP contribution in [0.3, 0.4) is 0 Å². The van der Waals surface area contributed by atoms with Crippen LogP contribution in [-0.4, -0.2) is 34.4 Å². The number of amides is 1. The zero-order valence-electron chi connectivity index (χ0n) is 13.6. The van der Waals surface area contributed by atoms with Gasteiger partial charge in [-0.25, -0.2) is 9.97 Å². The maximum absolute atomic E-state index is 12.2. The summed E-state index contributed by atoms with van der Waals surface area (Å²) in [5, 5.41) is 8.49. The average molecular weight is 339 g/mol. The first-order chi connectivity index (χ1) is 10.3. The molecule has 0 radical (unpaired) electrons. The topological polar surface area (TPSA) is 58.1 Å². The zero-order valence-corrected chi connectivity index (χ0v) is 15.2. The first-order valence-corrected chi connectivity index (χ1v) is 8.89. The van der Waals surface area contributed by atoms with Crippen molar-refractivity contribution >= 4 is 33.7 Å². The Labute approximate surface area is 139 Å². The number of carbonyl (C=O) groups is 1. The summed E-state index contributed by atoms with van der Waals surface area (Å²) in [5.41, 5.74) is 0.993. The van der Waals surface area contributed by atoms with E-state index in [2.05, 4.69) is 36.1 Å². The zero-order chi connectivity index (χ0) is 16.3. The minimum Gasteiger partial charge on any atom is -0.301 e. The van der Waals surface area contributed by atoms with Crippen molar-refractivity contribution in [2.45, 2.75) is 39.2 Å². The van der Waals surface area contributed by atoms with Crippen molar-refractivity contribution in [3.8, 4) is 0 Å². The van der Waals surface area contributed by atoms with Gasteiger partial charge in [-0.1, -0.05) is 20.8 Å². The van der Waals surface area contributed by atoms with Crippen molar-refractivity contribution in [3.63, 3.8) is 0 Å². The molecule has 1 unspecified atom stereocenters. The van der Waals surface area contributed by atoms with Crippen LogP contribution >= 0.6 is 22.7 Å². The van der Waals surface area contributed by atoms with E-state index in [0.29, 0.717) is 11.7 Å². The van der Waals surface area contributed by atoms with E-state index in [1.54, 1.807) is 17.5 Å². The van der Waals surface area contributed by atoms with Crippen molar-refractivity contribution < 1.29 is 4.79 Å². The Morgan fingerprint density at radius 3 is 2.68 bits per heavy atom. The summed E-state index contributed by atoms with van der Waals surface area (Å²) in [6.45, 7) is 8.68. The minimum absolute atomic E-state index is 0.00434. The van der Waals surface area contributed by atoms with Crippen LogP contribution < -0.4 is 5.32 Å². The molecular weight excluding hydrogens is 316 g/mol. The summed E-state index contributed by atoms with van der Waals surface area (Å²) in [7, 11) is 1.92. The maximum atomic E-state index is 12.2. The van der Waals surface area contributed by atoms with Crippen LogP contribution in [0, 0.1) is 0 Å². The normalized spacial score (nSPS) is 13.4. The van der Waals surface area contributed by atoms with Crippen molar-refractivity contribution in [1.29, 1.82) is 0 Å². The Balaban J connectivity index is 1.91. The lowest BCUT2D eigenvalue weighted by molar-refractivity contribution is -0.117. The molecular formula is C15H22N4OS2. The second kappa shape index (κ2) is 6.85. The number of carbonyl (C=O) groups excluding carboxylic acids is 1. The molecule has 1 amide bonds. The smallest absolute Gasteiger partial charge is 0.240 e. The fourth-order valence-corrected chi connectivity index (χ4v) is 3.54. The Morgan fingerprint density at radius 1 is 1.41 bits per heavy atom. The molecule has 1 N–H and O–H groups in total. The fourth-order valence-electron chi connectivity index (χ4n) is 1.83. The Kier molecular flexibility index (Phi) is 5.31. The highest BCUT2D eigenvalue weighted by atomic mass is 32.1. The Morgan fingerprint density at radius 2 is 2.14 bits per heavy atom. The van der Waals surface area contributed by atoms with Gasteiger partial charge in [-0.15, -0.1) is 22.7 Å². The van der Waals surface area contributed by atoms with Gasteiger partial charge in [-0.05, 0) is 14.0 Å². The van der Waals surface area contributed by atoms with Gasteiger partial charge in [-0.2, -0.15) is 0 Å². The van der Waals surface area contributed by atoms with Crippen molar-refractivity contribution in [2.24, 2.45) is 0 Å². The van der Waals surface area contributed by atoms with Gasteiger partial charge in [0.05, 0.1) is 18.3 Å². The third-order valence-corrected chi connectivity index (χ3v) is 5.09. The molecule has 0 saturated carbocycles. The van der Waals surface area contributed by atoms with Crippen molar-refractivity contribution in [3.05, 3.63) is 27.7 Å². The van der Waals surface area contributed by atoms with Gasteiger partial charge in [0.25, 0.3) is 0 Å². The van der Waals surface area contributed by atoms with Gasteiger partial charge < -0.3 is 5.32 Å². The van der Waals surface area contributed by atoms with E-state index in [9.17, 15) is 4.79 Å². The third kappa shape index (κ3) is 4.34. The molecule has 0 aliphatic heterocycles. The molecule has 0 bridgehead atoms. The predicted octanol–water partition coefficient (Wildman–Crippen LogP) is 3.53. The summed E-state index contributed by atoms with van der Waals surface area (Å²) in [5.74, 6) is -0.0549. The van der Waals surface area contributed by atoms with Gasteiger partial charge >= 0.3 is 0 Å². The van der Waals surface area contributed by atoms with Crippen LogP contribution in [0.15, 0.2) is 17.0 Å². The van der Waals surface area contributed by atoms with Gasteiger partial charge in [0.1, 0.15) is 5.01 Å². The highest BCUT2D eigenvalue weighted by Gasteiger charge is 2.20. The maximum Gasteiger partial charge on any atom is 0.240 e. The minimum atomic E-state index is -0.0549. The number of likely N-dealkylation sites (N-methyl/N-ethyl adjacent to an activating group) is 1. The summed E-state index contributed by atoms with van der Waals surface area (Å²) >= 11 is 3.07. The number of anilines is 1. The lowest BCUT2D eigenvalue weighted by Gasteiger charge is -2.21. The fraction of sp³-hybridized carbons (Fsp3) is 0.533. The summed E-state index contributed by atoms with van der Waals surface area (Å²) in [6, 6.07) is 0.118. The van der Waals surface area contributed by atoms with Crippen LogP contribution in [0.4, 0.5) is 5.13 Å². The molecule has 22 heavy (non-hydrogen) atoms. The van der Waals surface area contributed by atoms with Crippen LogP contribution in [0.5, 0.6) is 0 Å². The SMILES string of the molecule is CC(c1nccs1)N(C)CC(=O)Nc1nc(C(C)(C)C)cs1. The van der Waals surface area contributed by atoms with E-state index in [0.717, 1.165) is 10.7 Å². The number of rotatable bonds is 5. The Bertz CT molecular complexity index is 616. The quantitative estimate of drug-likeness (QED) is 0.906. The van der Waals surface area contributed by atoms with Crippen LogP contribution in [0.1, 0.15) is 44.4 Å². The lowest BCUT2D eigenvalue weighted by atomic mass is 9.93. The van der Waals surface area contributed by atoms with E-state index >= 15 is 0 Å². The van der Waals surface area contributed by atoms with Gasteiger partial charge in [-0.3, -0.25) is 9.69 Å². The lowest BCUT2D eigenvalue weighted by Crippen LogP contribution is -2.32. The molecule has 0 aliphatic rings. The molecule has 5 nitrogen and oxygen atoms in total. The van der Waals surface area contributed by atoms with Crippen LogP contribution in [0.2, 0.25) is 0 Å². The summed E-state index contributed by atoms with van der Waals surface area (Å²) in [4.78, 5) is 22.9. The molecule has 120 valence electrons. The second-order valence-corrected chi connectivity index (χ2v) is 8.08. The van der Waals surface area contributed by atoms with E-state index in [-0.39, 0.29) is 17.4 Å². The predicted molar refractivity (Wildman–Crippen MR) is 92.6 cm³/mol. The highest BCUT2D eigenvalue weighted by molar-refractivity contribution is 7.14. The average Bonchev–Trinajstić information content (AvgIpc) is 3.07. The molecule has 0 aliphatic carbocycles. The van der Waals surface area contributed by atoms with Gasteiger partial charge in [0.15, 0.2) is 5.13 Å². The number of aromatic nitrogens is 2. The molecule has 7 heteroatoms. The third-order valence-electron chi connectivity index (χ3n) is 3.38. The van der Waals surface area contributed by atoms with E-state index in [1.807, 2.05) is 29.6 Å². The standard InChI is InChI=1S/C15H22N4OS2/c1-10(13-16-6-7-21-13)19(5)8-12(20)18-14-17-11(9-22-14)15(2,3)4/h6-7,9-10H,8H2,1-5H3,(H,17,18,20). The number of nitrogens with one attached hydrogen (secondary N) is 1. The number of nitrogens with zero attached hydrogens (tertiary/aromatic N) is 3. The van der Waals surface area contributed by atoms with E-state index < -0.39 is 0 Å². The van der Waals surface area contributed by atoms with E-state index in [4.69, 9.17) is 0 Å². The summed E-state index contributed by atoms with van der Waals surface area (Å²) < 4.78 is 0. The molecule has 0 spiro atoms. The van der Waals surface area contributed by atoms with Gasteiger partial charge in [0, 0.05) is 22.4 Å². The first kappa shape index (κ1) is 17.1. The number of hydrogen-bond acceptors (Lipinski definition) is 6. The second-order valence-electron chi connectivity index (χ2n) is 6.30. The first-order valence-electron chi connectivity index (χ1n) is 7.13. The molecule has 2 aromatic heterocycles. The molecule has 0 aromatic carbocycles.